The number of hydrogen-bond acceptors (Lipinski definition) is 3. The number of nitrogens with one attached hydrogen (secondary N) is 1. The van der Waals surface area contributed by atoms with Crippen LogP contribution in [0, 0.1) is 6.92 Å². The highest BCUT2D eigenvalue weighted by atomic mass is 79.9. The molecule has 1 N–H and O–H groups in total. The fourth-order valence-electron chi connectivity index (χ4n) is 3.61. The summed E-state index contributed by atoms with van der Waals surface area (Å²) in [5, 5.41) is 6.68. The molecule has 0 spiro atoms. The molecule has 34 heavy (non-hydrogen) atoms. The molecule has 1 aliphatic heterocycles. The van der Waals surface area contributed by atoms with Gasteiger partial charge in [0.25, 0.3) is 11.5 Å². The van der Waals surface area contributed by atoms with Gasteiger partial charge >= 0.3 is 6.18 Å². The van der Waals surface area contributed by atoms with E-state index in [0.29, 0.717) is 16.8 Å². The van der Waals surface area contributed by atoms with Crippen LogP contribution in [0.1, 0.15) is 33.5 Å². The number of amides is 1. The first-order valence-corrected chi connectivity index (χ1v) is 11.5. The molecular weight excluding hydrogens is 556 g/mol. The van der Waals surface area contributed by atoms with Crippen molar-refractivity contribution < 1.29 is 22.8 Å². The number of halogens is 6. The average Bonchev–Trinajstić information content (AvgIpc) is 3.22. The Morgan fingerprint density at radius 1 is 1.09 bits per heavy atom. The highest BCUT2D eigenvalue weighted by molar-refractivity contribution is 9.10. The Morgan fingerprint density at radius 3 is 2.44 bits per heavy atom. The summed E-state index contributed by atoms with van der Waals surface area (Å²) >= 11 is 15.2. The topological polar surface area (TPSA) is 50.7 Å². The molecule has 4 nitrogen and oxygen atoms in total. The Hall–Kier alpha value is -2.55. The number of benzene rings is 3. The minimum Gasteiger partial charge on any atom is -0.374 e. The zero-order valence-corrected chi connectivity index (χ0v) is 20.6. The zero-order chi connectivity index (χ0) is 24.7. The second-order valence-corrected chi connectivity index (χ2v) is 9.57. The first-order valence-electron chi connectivity index (χ1n) is 9.95. The van der Waals surface area contributed by atoms with E-state index in [1.54, 1.807) is 49.4 Å². The summed E-state index contributed by atoms with van der Waals surface area (Å²) in [6.45, 7) is 1.78. The monoisotopic (exact) mass is 570 g/mol. The van der Waals surface area contributed by atoms with Crippen LogP contribution in [0.3, 0.4) is 0 Å². The Bertz CT molecular complexity index is 1290. The molecule has 0 saturated heterocycles. The van der Waals surface area contributed by atoms with Crippen LogP contribution in [-0.2, 0) is 10.4 Å². The Kier molecular flexibility index (Phi) is 6.68. The van der Waals surface area contributed by atoms with Crippen LogP contribution in [-0.4, -0.2) is 17.8 Å². The maximum Gasteiger partial charge on any atom is 0.435 e. The van der Waals surface area contributed by atoms with Gasteiger partial charge in [-0.3, -0.25) is 4.79 Å². The van der Waals surface area contributed by atoms with Crippen LogP contribution in [0.15, 0.2) is 70.3 Å². The first-order chi connectivity index (χ1) is 16.0. The number of rotatable bonds is 4. The van der Waals surface area contributed by atoms with Gasteiger partial charge in [-0.25, -0.2) is 0 Å². The average molecular weight is 572 g/mol. The molecule has 0 radical (unpaired) electrons. The molecule has 3 aromatic rings. The van der Waals surface area contributed by atoms with E-state index in [9.17, 15) is 18.0 Å². The van der Waals surface area contributed by atoms with Gasteiger partial charge in [-0.2, -0.15) is 13.2 Å². The molecule has 4 rings (SSSR count). The first kappa shape index (κ1) is 24.6. The quantitative estimate of drug-likeness (QED) is 0.346. The third kappa shape index (κ3) is 4.80. The molecule has 1 aliphatic rings. The number of nitrogens with zero attached hydrogens (tertiary/aromatic N) is 1. The van der Waals surface area contributed by atoms with E-state index in [0.717, 1.165) is 22.2 Å². The highest BCUT2D eigenvalue weighted by Gasteiger charge is 2.62. The van der Waals surface area contributed by atoms with E-state index >= 15 is 0 Å². The number of carbonyl (C=O) groups is 1. The van der Waals surface area contributed by atoms with Gasteiger partial charge in [-0.1, -0.05) is 62.5 Å². The van der Waals surface area contributed by atoms with Gasteiger partial charge in [-0.05, 0) is 55.0 Å². The summed E-state index contributed by atoms with van der Waals surface area (Å²) < 4.78 is 43.5. The van der Waals surface area contributed by atoms with Crippen molar-refractivity contribution in [3.63, 3.8) is 0 Å². The van der Waals surface area contributed by atoms with Crippen LogP contribution >= 0.6 is 39.1 Å². The molecule has 0 saturated carbocycles. The number of alkyl halides is 3. The van der Waals surface area contributed by atoms with E-state index in [1.165, 1.54) is 6.07 Å². The number of oxime groups is 1. The second-order valence-electron chi connectivity index (χ2n) is 7.78. The second kappa shape index (κ2) is 9.24. The molecule has 1 heterocycles. The van der Waals surface area contributed by atoms with Crippen LogP contribution in [0.4, 0.5) is 18.9 Å². The molecule has 10 heteroatoms. The molecule has 1 atom stereocenters. The van der Waals surface area contributed by atoms with Crippen molar-refractivity contribution in [1.82, 2.24) is 0 Å². The van der Waals surface area contributed by atoms with Gasteiger partial charge in [0, 0.05) is 43.3 Å². The van der Waals surface area contributed by atoms with Crippen LogP contribution in [0.2, 0.25) is 10.0 Å². The van der Waals surface area contributed by atoms with Crippen molar-refractivity contribution in [2.75, 3.05) is 5.32 Å². The number of hydrogen-bond donors (Lipinski definition) is 1. The van der Waals surface area contributed by atoms with Crippen molar-refractivity contribution >= 4 is 56.4 Å². The van der Waals surface area contributed by atoms with E-state index < -0.39 is 18.2 Å². The Morgan fingerprint density at radius 2 is 1.79 bits per heavy atom. The van der Waals surface area contributed by atoms with Crippen LogP contribution in [0.5, 0.6) is 0 Å². The lowest BCUT2D eigenvalue weighted by Gasteiger charge is -2.29. The summed E-state index contributed by atoms with van der Waals surface area (Å²) in [6.07, 6.45) is -5.38. The molecule has 0 bridgehead atoms. The summed E-state index contributed by atoms with van der Waals surface area (Å²) in [4.78, 5) is 17.7. The largest absolute Gasteiger partial charge is 0.435 e. The number of anilines is 1. The fourth-order valence-corrected chi connectivity index (χ4v) is 4.53. The van der Waals surface area contributed by atoms with Gasteiger partial charge < -0.3 is 10.2 Å². The SMILES string of the molecule is Cc1ccc(C2=NOC(c3cc(Cl)cc(Cl)c3)(C(F)(F)F)C2)cc1NC(=O)c1cccc(Br)c1. The lowest BCUT2D eigenvalue weighted by atomic mass is 9.86. The third-order valence-corrected chi connectivity index (χ3v) is 6.35. The zero-order valence-electron chi connectivity index (χ0n) is 17.5. The van der Waals surface area contributed by atoms with Gasteiger partial charge in [0.1, 0.15) is 0 Å². The summed E-state index contributed by atoms with van der Waals surface area (Å²) in [6, 6.07) is 15.4. The lowest BCUT2D eigenvalue weighted by molar-refractivity contribution is -0.275. The van der Waals surface area contributed by atoms with Gasteiger partial charge in [0.15, 0.2) is 0 Å². The Balaban J connectivity index is 1.65. The summed E-state index contributed by atoms with van der Waals surface area (Å²) in [5.41, 5.74) is -0.917. The van der Waals surface area contributed by atoms with Gasteiger partial charge in [0.05, 0.1) is 5.71 Å². The smallest absolute Gasteiger partial charge is 0.374 e. The van der Waals surface area contributed by atoms with E-state index in [1.807, 2.05) is 0 Å². The molecule has 1 amide bonds. The highest BCUT2D eigenvalue weighted by Crippen LogP contribution is 2.49. The molecular formula is C24H16BrCl2F3N2O2. The number of aryl methyl sites for hydroxylation is 1. The Labute approximate surface area is 211 Å². The van der Waals surface area contributed by atoms with Crippen molar-refractivity contribution in [1.29, 1.82) is 0 Å². The lowest BCUT2D eigenvalue weighted by Crippen LogP contribution is -2.42. The molecule has 3 aromatic carbocycles. The van der Waals surface area contributed by atoms with Crippen molar-refractivity contribution in [3.05, 3.63) is 97.4 Å². The predicted molar refractivity (Wildman–Crippen MR) is 130 cm³/mol. The van der Waals surface area contributed by atoms with Crippen molar-refractivity contribution in [3.8, 4) is 0 Å². The van der Waals surface area contributed by atoms with E-state index in [4.69, 9.17) is 28.0 Å². The van der Waals surface area contributed by atoms with Crippen LogP contribution in [0.25, 0.3) is 0 Å². The fraction of sp³-hybridized carbons (Fsp3) is 0.167. The predicted octanol–water partition coefficient (Wildman–Crippen LogP) is 7.90. The molecule has 1 unspecified atom stereocenters. The molecule has 176 valence electrons. The van der Waals surface area contributed by atoms with Gasteiger partial charge in [-0.15, -0.1) is 0 Å². The van der Waals surface area contributed by atoms with Gasteiger partial charge in [0.2, 0.25) is 0 Å². The van der Waals surface area contributed by atoms with Crippen molar-refractivity contribution in [2.24, 2.45) is 5.16 Å². The minimum atomic E-state index is -4.80. The summed E-state index contributed by atoms with van der Waals surface area (Å²) in [7, 11) is 0. The third-order valence-electron chi connectivity index (χ3n) is 5.42. The van der Waals surface area contributed by atoms with Crippen molar-refractivity contribution in [2.45, 2.75) is 25.1 Å². The standard InChI is InChI=1S/C24H16BrCl2F3N2O2/c1-13-5-6-14(8-20(13)31-22(33)15-3-2-4-17(25)7-15)21-12-23(34-32-21,24(28,29)30)16-9-18(26)11-19(27)10-16/h2-11H,12H2,1H3,(H,31,33). The summed E-state index contributed by atoms with van der Waals surface area (Å²) in [5.74, 6) is -0.357. The molecule has 0 fully saturated rings. The number of carbonyl (C=O) groups excluding carboxylic acids is 1. The normalized spacial score (nSPS) is 17.8. The maximum absolute atomic E-state index is 14.2. The van der Waals surface area contributed by atoms with E-state index in [-0.39, 0.29) is 27.2 Å². The van der Waals surface area contributed by atoms with Crippen LogP contribution < -0.4 is 5.32 Å². The molecule has 0 aliphatic carbocycles. The maximum atomic E-state index is 14.2. The van der Waals surface area contributed by atoms with E-state index in [2.05, 4.69) is 26.4 Å². The molecule has 0 aromatic heterocycles. The minimum absolute atomic E-state index is 0.0519.